The predicted octanol–water partition coefficient (Wildman–Crippen LogP) is 1.20. The Morgan fingerprint density at radius 1 is 1.50 bits per heavy atom. The topological polar surface area (TPSA) is 49.8 Å². The van der Waals surface area contributed by atoms with Crippen LogP contribution in [0.5, 0.6) is 0 Å². The van der Waals surface area contributed by atoms with Gasteiger partial charge in [0.05, 0.1) is 5.56 Å². The molecule has 0 amide bonds. The first kappa shape index (κ1) is 8.69. The molecule has 1 rings (SSSR count). The molecular weight excluding hydrogens is 155 g/mol. The van der Waals surface area contributed by atoms with E-state index in [4.69, 9.17) is 11.0 Å². The van der Waals surface area contributed by atoms with Gasteiger partial charge >= 0.3 is 0 Å². The van der Waals surface area contributed by atoms with Gasteiger partial charge in [0.2, 0.25) is 0 Å². The summed E-state index contributed by atoms with van der Waals surface area (Å²) in [7, 11) is 0. The van der Waals surface area contributed by atoms with Gasteiger partial charge in [0, 0.05) is 0 Å². The Kier molecular flexibility index (Phi) is 2.78. The second kappa shape index (κ2) is 3.84. The summed E-state index contributed by atoms with van der Waals surface area (Å²) in [6.07, 6.45) is 0.641. The second-order valence-electron chi connectivity index (χ2n) is 2.46. The van der Waals surface area contributed by atoms with Gasteiger partial charge in [-0.15, -0.1) is 0 Å². The number of rotatable bonds is 2. The summed E-state index contributed by atoms with van der Waals surface area (Å²) >= 11 is 0. The zero-order chi connectivity index (χ0) is 8.97. The molecule has 0 atom stereocenters. The lowest BCUT2D eigenvalue weighted by molar-refractivity contribution is 0.621. The molecule has 0 aliphatic carbocycles. The highest BCUT2D eigenvalue weighted by molar-refractivity contribution is 5.33. The van der Waals surface area contributed by atoms with E-state index in [-0.39, 0.29) is 5.56 Å². The van der Waals surface area contributed by atoms with Gasteiger partial charge in [-0.1, -0.05) is 6.07 Å². The third-order valence-corrected chi connectivity index (χ3v) is 1.59. The van der Waals surface area contributed by atoms with Crippen molar-refractivity contribution in [2.75, 3.05) is 6.54 Å². The fourth-order valence-corrected chi connectivity index (χ4v) is 0.971. The Balaban J connectivity index is 2.96. The van der Waals surface area contributed by atoms with E-state index in [0.717, 1.165) is 5.56 Å². The van der Waals surface area contributed by atoms with Crippen LogP contribution >= 0.6 is 0 Å². The standard InChI is InChI=1S/C9H9FN2/c10-9-5-7(3-4-11)1-2-8(9)6-12/h1-2,5H,3-4,11H2. The van der Waals surface area contributed by atoms with Crippen molar-refractivity contribution in [3.63, 3.8) is 0 Å². The van der Waals surface area contributed by atoms with Crippen molar-refractivity contribution in [1.29, 1.82) is 5.26 Å². The average Bonchev–Trinajstić information content (AvgIpc) is 2.05. The molecule has 0 aromatic heterocycles. The number of nitrogens with zero attached hydrogens (tertiary/aromatic N) is 1. The molecule has 0 unspecified atom stereocenters. The zero-order valence-electron chi connectivity index (χ0n) is 6.55. The Morgan fingerprint density at radius 3 is 2.75 bits per heavy atom. The Bertz CT molecular complexity index is 315. The van der Waals surface area contributed by atoms with Crippen LogP contribution in [-0.4, -0.2) is 6.54 Å². The molecule has 12 heavy (non-hydrogen) atoms. The van der Waals surface area contributed by atoms with Crippen molar-refractivity contribution in [1.82, 2.24) is 0 Å². The fraction of sp³-hybridized carbons (Fsp3) is 0.222. The third-order valence-electron chi connectivity index (χ3n) is 1.59. The van der Waals surface area contributed by atoms with E-state index in [9.17, 15) is 4.39 Å². The molecule has 2 N–H and O–H groups in total. The molecule has 62 valence electrons. The minimum absolute atomic E-state index is 0.0794. The number of hydrogen-bond donors (Lipinski definition) is 1. The molecule has 0 aliphatic heterocycles. The lowest BCUT2D eigenvalue weighted by Gasteiger charge is -1.98. The Hall–Kier alpha value is -1.40. The molecule has 0 radical (unpaired) electrons. The van der Waals surface area contributed by atoms with E-state index >= 15 is 0 Å². The highest BCUT2D eigenvalue weighted by Gasteiger charge is 2.01. The maximum atomic E-state index is 12.9. The largest absolute Gasteiger partial charge is 0.330 e. The normalized spacial score (nSPS) is 9.42. The monoisotopic (exact) mass is 164 g/mol. The van der Waals surface area contributed by atoms with E-state index in [1.54, 1.807) is 12.1 Å². The predicted molar refractivity (Wildman–Crippen MR) is 43.9 cm³/mol. The van der Waals surface area contributed by atoms with Crippen molar-refractivity contribution >= 4 is 0 Å². The quantitative estimate of drug-likeness (QED) is 0.714. The lowest BCUT2D eigenvalue weighted by atomic mass is 10.1. The van der Waals surface area contributed by atoms with Crippen molar-refractivity contribution in [2.24, 2.45) is 5.73 Å². The summed E-state index contributed by atoms with van der Waals surface area (Å²) in [6, 6.07) is 6.30. The van der Waals surface area contributed by atoms with Crippen LogP contribution in [-0.2, 0) is 6.42 Å². The van der Waals surface area contributed by atoms with E-state index in [1.165, 1.54) is 12.1 Å². The summed E-state index contributed by atoms with van der Waals surface area (Å²) in [5, 5.41) is 8.42. The molecule has 3 heteroatoms. The Morgan fingerprint density at radius 2 is 2.25 bits per heavy atom. The molecular formula is C9H9FN2. The third kappa shape index (κ3) is 1.80. The highest BCUT2D eigenvalue weighted by atomic mass is 19.1. The van der Waals surface area contributed by atoms with Crippen LogP contribution < -0.4 is 5.73 Å². The summed E-state index contributed by atoms with van der Waals surface area (Å²) in [4.78, 5) is 0. The maximum absolute atomic E-state index is 12.9. The second-order valence-corrected chi connectivity index (χ2v) is 2.46. The molecule has 0 spiro atoms. The lowest BCUT2D eigenvalue weighted by Crippen LogP contribution is -2.03. The van der Waals surface area contributed by atoms with Crippen molar-refractivity contribution in [3.8, 4) is 6.07 Å². The first-order chi connectivity index (χ1) is 5.77. The smallest absolute Gasteiger partial charge is 0.141 e. The van der Waals surface area contributed by atoms with Crippen LogP contribution in [0, 0.1) is 17.1 Å². The van der Waals surface area contributed by atoms with E-state index < -0.39 is 5.82 Å². The first-order valence-electron chi connectivity index (χ1n) is 3.66. The van der Waals surface area contributed by atoms with Gasteiger partial charge in [0.1, 0.15) is 11.9 Å². The molecule has 0 aliphatic rings. The summed E-state index contributed by atoms with van der Waals surface area (Å²) in [5.41, 5.74) is 6.20. The van der Waals surface area contributed by atoms with Crippen molar-refractivity contribution in [2.45, 2.75) is 6.42 Å². The Labute approximate surface area is 70.4 Å². The zero-order valence-corrected chi connectivity index (χ0v) is 6.55. The van der Waals surface area contributed by atoms with E-state index in [2.05, 4.69) is 0 Å². The van der Waals surface area contributed by atoms with Crippen LogP contribution in [0.25, 0.3) is 0 Å². The minimum Gasteiger partial charge on any atom is -0.330 e. The molecule has 0 fully saturated rings. The van der Waals surface area contributed by atoms with Crippen LogP contribution in [0.15, 0.2) is 18.2 Å². The SMILES string of the molecule is N#Cc1ccc(CCN)cc1F. The van der Waals surface area contributed by atoms with Gasteiger partial charge in [0.25, 0.3) is 0 Å². The number of hydrogen-bond acceptors (Lipinski definition) is 2. The molecule has 2 nitrogen and oxygen atoms in total. The number of nitriles is 1. The minimum atomic E-state index is -0.469. The van der Waals surface area contributed by atoms with Crippen molar-refractivity contribution in [3.05, 3.63) is 35.1 Å². The van der Waals surface area contributed by atoms with E-state index in [1.807, 2.05) is 0 Å². The fourth-order valence-electron chi connectivity index (χ4n) is 0.971. The maximum Gasteiger partial charge on any atom is 0.141 e. The van der Waals surface area contributed by atoms with Gasteiger partial charge in [0.15, 0.2) is 0 Å². The first-order valence-corrected chi connectivity index (χ1v) is 3.66. The molecule has 1 aromatic carbocycles. The number of halogens is 1. The van der Waals surface area contributed by atoms with Gasteiger partial charge < -0.3 is 5.73 Å². The number of benzene rings is 1. The summed E-state index contributed by atoms with van der Waals surface area (Å²) in [6.45, 7) is 0.491. The van der Waals surface area contributed by atoms with Crippen LogP contribution in [0.2, 0.25) is 0 Å². The average molecular weight is 164 g/mol. The number of nitrogens with two attached hydrogens (primary N) is 1. The van der Waals surface area contributed by atoms with Gasteiger partial charge in [-0.3, -0.25) is 0 Å². The van der Waals surface area contributed by atoms with Crippen molar-refractivity contribution < 1.29 is 4.39 Å². The molecule has 1 aromatic rings. The van der Waals surface area contributed by atoms with E-state index in [0.29, 0.717) is 13.0 Å². The van der Waals surface area contributed by atoms with Crippen LogP contribution in [0.4, 0.5) is 4.39 Å². The summed E-state index contributed by atoms with van der Waals surface area (Å²) in [5.74, 6) is -0.469. The van der Waals surface area contributed by atoms with Crippen LogP contribution in [0.3, 0.4) is 0 Å². The van der Waals surface area contributed by atoms with Gasteiger partial charge in [-0.25, -0.2) is 4.39 Å². The van der Waals surface area contributed by atoms with Crippen LogP contribution in [0.1, 0.15) is 11.1 Å². The highest BCUT2D eigenvalue weighted by Crippen LogP contribution is 2.09. The molecule has 0 saturated carbocycles. The molecule has 0 heterocycles. The van der Waals surface area contributed by atoms with Gasteiger partial charge in [-0.2, -0.15) is 5.26 Å². The summed E-state index contributed by atoms with van der Waals surface area (Å²) < 4.78 is 12.9. The molecule has 0 bridgehead atoms. The van der Waals surface area contributed by atoms with Gasteiger partial charge in [-0.05, 0) is 30.7 Å². The molecule has 0 saturated heterocycles.